The molecule has 1 aliphatic heterocycles. The molecular weight excluding hydrogens is 369 g/mol. The van der Waals surface area contributed by atoms with Crippen molar-refractivity contribution in [1.29, 1.82) is 0 Å². The van der Waals surface area contributed by atoms with Gasteiger partial charge in [-0.1, -0.05) is 6.42 Å². The third-order valence-electron chi connectivity index (χ3n) is 5.33. The van der Waals surface area contributed by atoms with Crippen LogP contribution in [0.1, 0.15) is 43.4 Å². The molecule has 29 heavy (non-hydrogen) atoms. The summed E-state index contributed by atoms with van der Waals surface area (Å²) >= 11 is 0. The number of benzene rings is 1. The summed E-state index contributed by atoms with van der Waals surface area (Å²) in [4.78, 5) is 7.84. The molecule has 1 aromatic carbocycles. The largest absolute Gasteiger partial charge is 0.361 e. The van der Waals surface area contributed by atoms with Crippen molar-refractivity contribution in [2.75, 3.05) is 13.1 Å². The summed E-state index contributed by atoms with van der Waals surface area (Å²) < 4.78 is 15.6. The zero-order chi connectivity index (χ0) is 20.1. The van der Waals surface area contributed by atoms with Gasteiger partial charge in [0.1, 0.15) is 18.2 Å². The fourth-order valence-electron chi connectivity index (χ4n) is 3.83. The van der Waals surface area contributed by atoms with Crippen molar-refractivity contribution in [2.45, 2.75) is 52.1 Å². The Bertz CT molecular complexity index is 988. The Labute approximate surface area is 169 Å². The van der Waals surface area contributed by atoms with E-state index in [2.05, 4.69) is 37.3 Å². The number of aliphatic imine (C=N–C) groups is 1. The van der Waals surface area contributed by atoms with E-state index in [1.165, 1.54) is 31.4 Å². The second-order valence-corrected chi connectivity index (χ2v) is 7.37. The van der Waals surface area contributed by atoms with E-state index >= 15 is 0 Å². The predicted molar refractivity (Wildman–Crippen MR) is 112 cm³/mol. The maximum absolute atomic E-state index is 13.4. The molecule has 0 bridgehead atoms. The fourth-order valence-corrected chi connectivity index (χ4v) is 3.83. The topological polar surface area (TPSA) is 82.9 Å². The minimum atomic E-state index is -0.225. The molecule has 0 unspecified atom stereocenters. The molecule has 3 heterocycles. The number of rotatable bonds is 6. The van der Waals surface area contributed by atoms with Gasteiger partial charge in [0.25, 0.3) is 0 Å². The highest BCUT2D eigenvalue weighted by Gasteiger charge is 2.14. The normalized spacial score (nSPS) is 14.6. The summed E-state index contributed by atoms with van der Waals surface area (Å²) in [6, 6.07) is 4.85. The van der Waals surface area contributed by atoms with E-state index in [9.17, 15) is 4.39 Å². The Hall–Kier alpha value is -2.90. The molecule has 3 N–H and O–H groups in total. The second-order valence-electron chi connectivity index (χ2n) is 7.37. The Morgan fingerprint density at radius 2 is 2.17 bits per heavy atom. The quantitative estimate of drug-likeness (QED) is 0.441. The molecule has 1 aliphatic rings. The Kier molecular flexibility index (Phi) is 6.07. The summed E-state index contributed by atoms with van der Waals surface area (Å²) in [5, 5.41) is 16.4. The zero-order valence-electron chi connectivity index (χ0n) is 16.8. The molecule has 0 amide bonds. The highest BCUT2D eigenvalue weighted by Crippen LogP contribution is 2.19. The van der Waals surface area contributed by atoms with Gasteiger partial charge in [0, 0.05) is 43.2 Å². The van der Waals surface area contributed by atoms with Crippen molar-refractivity contribution in [3.8, 4) is 0 Å². The Morgan fingerprint density at radius 1 is 1.24 bits per heavy atom. The molecule has 0 atom stereocenters. The van der Waals surface area contributed by atoms with Crippen molar-refractivity contribution in [2.24, 2.45) is 4.99 Å². The number of guanidine groups is 1. The van der Waals surface area contributed by atoms with Crippen molar-refractivity contribution >= 4 is 16.9 Å². The van der Waals surface area contributed by atoms with Crippen LogP contribution in [0.15, 0.2) is 29.4 Å². The van der Waals surface area contributed by atoms with Gasteiger partial charge in [-0.3, -0.25) is 0 Å². The van der Waals surface area contributed by atoms with Gasteiger partial charge in [0.2, 0.25) is 0 Å². The second kappa shape index (κ2) is 9.07. The van der Waals surface area contributed by atoms with Crippen LogP contribution in [-0.2, 0) is 25.9 Å². The average molecular weight is 398 g/mol. The summed E-state index contributed by atoms with van der Waals surface area (Å²) in [7, 11) is 0. The maximum atomic E-state index is 13.4. The van der Waals surface area contributed by atoms with Crippen molar-refractivity contribution in [3.63, 3.8) is 0 Å². The minimum Gasteiger partial charge on any atom is -0.361 e. The number of nitrogens with one attached hydrogen (secondary N) is 3. The molecule has 0 spiro atoms. The first-order valence-electron chi connectivity index (χ1n) is 10.4. The van der Waals surface area contributed by atoms with Crippen LogP contribution in [0.5, 0.6) is 0 Å². The average Bonchev–Trinajstić information content (AvgIpc) is 3.21. The maximum Gasteiger partial charge on any atom is 0.191 e. The third kappa shape index (κ3) is 4.58. The number of aromatic nitrogens is 4. The van der Waals surface area contributed by atoms with Gasteiger partial charge in [-0.15, -0.1) is 10.2 Å². The first kappa shape index (κ1) is 19.4. The highest BCUT2D eigenvalue weighted by molar-refractivity contribution is 5.83. The number of aryl methyl sites for hydroxylation is 1. The van der Waals surface area contributed by atoms with Crippen LogP contribution < -0.4 is 10.6 Å². The molecule has 8 heteroatoms. The highest BCUT2D eigenvalue weighted by atomic mass is 19.1. The predicted octanol–water partition coefficient (Wildman–Crippen LogP) is 2.92. The van der Waals surface area contributed by atoms with Gasteiger partial charge in [-0.25, -0.2) is 9.38 Å². The lowest BCUT2D eigenvalue weighted by Crippen LogP contribution is -2.38. The number of fused-ring (bicyclic) bond motifs is 2. The SMILES string of the molecule is CCNC(=NCc1nnc2n1CCCCC2)NCCc1c[nH]c2cc(F)ccc12. The molecule has 0 saturated heterocycles. The fraction of sp³-hybridized carbons (Fsp3) is 0.476. The number of aromatic amines is 1. The summed E-state index contributed by atoms with van der Waals surface area (Å²) in [5.74, 6) is 2.56. The number of halogens is 1. The third-order valence-corrected chi connectivity index (χ3v) is 5.33. The number of hydrogen-bond donors (Lipinski definition) is 3. The van der Waals surface area contributed by atoms with Crippen molar-refractivity contribution in [1.82, 2.24) is 30.4 Å². The molecular formula is C21H28FN7. The lowest BCUT2D eigenvalue weighted by Gasteiger charge is -2.11. The first-order chi connectivity index (χ1) is 14.2. The van der Waals surface area contributed by atoms with E-state index in [1.807, 2.05) is 12.3 Å². The van der Waals surface area contributed by atoms with Crippen molar-refractivity contribution in [3.05, 3.63) is 47.4 Å². The molecule has 154 valence electrons. The van der Waals surface area contributed by atoms with Crippen molar-refractivity contribution < 1.29 is 4.39 Å². The molecule has 4 rings (SSSR count). The standard InChI is InChI=1S/C21H28FN7/c1-2-23-21(26-14-20-28-27-19-6-4-3-5-11-29(19)20)24-10-9-15-13-25-18-12-16(22)7-8-17(15)18/h7-8,12-13,25H,2-6,9-11,14H2,1H3,(H2,23,24,26). The number of nitrogens with zero attached hydrogens (tertiary/aromatic N) is 4. The summed E-state index contributed by atoms with van der Waals surface area (Å²) in [5.41, 5.74) is 1.99. The van der Waals surface area contributed by atoms with E-state index < -0.39 is 0 Å². The van der Waals surface area contributed by atoms with Gasteiger partial charge in [-0.2, -0.15) is 0 Å². The lowest BCUT2D eigenvalue weighted by atomic mass is 10.1. The van der Waals surface area contributed by atoms with Gasteiger partial charge in [0.05, 0.1) is 0 Å². The van der Waals surface area contributed by atoms with Crippen LogP contribution in [0.4, 0.5) is 4.39 Å². The van der Waals surface area contributed by atoms with Gasteiger partial charge >= 0.3 is 0 Å². The van der Waals surface area contributed by atoms with Gasteiger partial charge in [-0.05, 0) is 49.9 Å². The summed E-state index contributed by atoms with van der Waals surface area (Å²) in [6.07, 6.45) is 7.37. The van der Waals surface area contributed by atoms with E-state index in [-0.39, 0.29) is 5.82 Å². The van der Waals surface area contributed by atoms with E-state index in [4.69, 9.17) is 4.99 Å². The molecule has 0 saturated carbocycles. The first-order valence-corrected chi connectivity index (χ1v) is 10.4. The molecule has 2 aromatic heterocycles. The monoisotopic (exact) mass is 397 g/mol. The van der Waals surface area contributed by atoms with Crippen LogP contribution in [0.2, 0.25) is 0 Å². The number of hydrogen-bond acceptors (Lipinski definition) is 3. The molecule has 0 fully saturated rings. The van der Waals surface area contributed by atoms with Crippen LogP contribution in [0.3, 0.4) is 0 Å². The molecule has 0 radical (unpaired) electrons. The van der Waals surface area contributed by atoms with Crippen LogP contribution in [0.25, 0.3) is 10.9 Å². The Morgan fingerprint density at radius 3 is 3.07 bits per heavy atom. The van der Waals surface area contributed by atoms with Gasteiger partial charge in [0.15, 0.2) is 11.8 Å². The van der Waals surface area contributed by atoms with E-state index in [0.29, 0.717) is 6.54 Å². The zero-order valence-corrected chi connectivity index (χ0v) is 16.8. The Balaban J connectivity index is 1.38. The van der Waals surface area contributed by atoms with E-state index in [0.717, 1.165) is 66.6 Å². The lowest BCUT2D eigenvalue weighted by molar-refractivity contribution is 0.605. The molecule has 3 aromatic rings. The minimum absolute atomic E-state index is 0.225. The van der Waals surface area contributed by atoms with Crippen LogP contribution >= 0.6 is 0 Å². The van der Waals surface area contributed by atoms with Crippen LogP contribution in [-0.4, -0.2) is 38.8 Å². The van der Waals surface area contributed by atoms with Crippen LogP contribution in [0, 0.1) is 5.82 Å². The van der Waals surface area contributed by atoms with Gasteiger partial charge < -0.3 is 20.2 Å². The van der Waals surface area contributed by atoms with E-state index in [1.54, 1.807) is 0 Å². The molecule has 7 nitrogen and oxygen atoms in total. The number of H-pyrrole nitrogens is 1. The smallest absolute Gasteiger partial charge is 0.191 e. The molecule has 0 aliphatic carbocycles. The summed E-state index contributed by atoms with van der Waals surface area (Å²) in [6.45, 7) is 5.06.